The second kappa shape index (κ2) is 7.86. The molecule has 0 aliphatic carbocycles. The van der Waals surface area contributed by atoms with Crippen molar-refractivity contribution in [3.05, 3.63) is 29.7 Å². The molecule has 0 aromatic carbocycles. The van der Waals surface area contributed by atoms with Crippen molar-refractivity contribution in [3.63, 3.8) is 0 Å². The van der Waals surface area contributed by atoms with Crippen molar-refractivity contribution in [2.45, 2.75) is 20.0 Å². The number of ether oxygens (including phenoxy) is 1. The van der Waals surface area contributed by atoms with E-state index in [0.29, 0.717) is 13.1 Å². The molecule has 0 amide bonds. The lowest BCUT2D eigenvalue weighted by Gasteiger charge is -2.28. The molecule has 1 saturated heterocycles. The number of aliphatic hydroxyl groups is 1. The fourth-order valence-corrected chi connectivity index (χ4v) is 3.49. The standard InChI is InChI=1S/C19H27N7O2/c1-13-14(2)22-17-10-16(19-20-4-5-24(19)3)23-26(17)18(13)21-11-15(27)12-25-6-8-28-9-7-25/h4-5,10,15,21,27H,6-9,11-12H2,1-3H3/t15-/m0/s1. The molecule has 3 aromatic heterocycles. The number of β-amino-alcohol motifs (C(OH)–C–C–N with tert-alkyl or cyclic N) is 1. The van der Waals surface area contributed by atoms with Crippen LogP contribution in [0, 0.1) is 13.8 Å². The van der Waals surface area contributed by atoms with Crippen molar-refractivity contribution >= 4 is 11.5 Å². The molecule has 9 heteroatoms. The summed E-state index contributed by atoms with van der Waals surface area (Å²) in [5.41, 5.74) is 3.47. The quantitative estimate of drug-likeness (QED) is 0.650. The van der Waals surface area contributed by atoms with Gasteiger partial charge in [-0.05, 0) is 13.8 Å². The summed E-state index contributed by atoms with van der Waals surface area (Å²) < 4.78 is 9.10. The van der Waals surface area contributed by atoms with Gasteiger partial charge in [0.15, 0.2) is 11.5 Å². The van der Waals surface area contributed by atoms with Crippen molar-refractivity contribution in [3.8, 4) is 11.5 Å². The van der Waals surface area contributed by atoms with Crippen molar-refractivity contribution in [2.24, 2.45) is 7.05 Å². The van der Waals surface area contributed by atoms with Crippen molar-refractivity contribution in [2.75, 3.05) is 44.7 Å². The first-order valence-corrected chi connectivity index (χ1v) is 9.59. The van der Waals surface area contributed by atoms with E-state index in [1.54, 1.807) is 10.7 Å². The summed E-state index contributed by atoms with van der Waals surface area (Å²) in [5, 5.41) is 18.6. The fourth-order valence-electron chi connectivity index (χ4n) is 3.49. The van der Waals surface area contributed by atoms with Gasteiger partial charge in [0.1, 0.15) is 11.5 Å². The van der Waals surface area contributed by atoms with Crippen LogP contribution in [0.25, 0.3) is 17.2 Å². The maximum absolute atomic E-state index is 10.5. The molecule has 150 valence electrons. The average Bonchev–Trinajstić information content (AvgIpc) is 3.28. The largest absolute Gasteiger partial charge is 0.390 e. The molecule has 0 saturated carbocycles. The minimum absolute atomic E-state index is 0.439. The predicted octanol–water partition coefficient (Wildman–Crippen LogP) is 0.852. The molecule has 9 nitrogen and oxygen atoms in total. The number of hydrogen-bond donors (Lipinski definition) is 2. The van der Waals surface area contributed by atoms with E-state index in [9.17, 15) is 5.11 Å². The van der Waals surface area contributed by atoms with E-state index >= 15 is 0 Å². The van der Waals surface area contributed by atoms with Gasteiger partial charge in [-0.3, -0.25) is 4.90 Å². The van der Waals surface area contributed by atoms with Crippen LogP contribution >= 0.6 is 0 Å². The van der Waals surface area contributed by atoms with Gasteiger partial charge in [-0.25, -0.2) is 9.97 Å². The number of hydrogen-bond acceptors (Lipinski definition) is 7. The summed E-state index contributed by atoms with van der Waals surface area (Å²) in [5.74, 6) is 1.64. The van der Waals surface area contributed by atoms with Crippen LogP contribution in [0.3, 0.4) is 0 Å². The lowest BCUT2D eigenvalue weighted by Crippen LogP contribution is -2.42. The number of aliphatic hydroxyl groups excluding tert-OH is 1. The summed E-state index contributed by atoms with van der Waals surface area (Å²) in [6.07, 6.45) is 3.17. The van der Waals surface area contributed by atoms with Gasteiger partial charge in [0.2, 0.25) is 0 Å². The predicted molar refractivity (Wildman–Crippen MR) is 106 cm³/mol. The van der Waals surface area contributed by atoms with Crippen LogP contribution in [0.5, 0.6) is 0 Å². The molecule has 2 N–H and O–H groups in total. The van der Waals surface area contributed by atoms with Crippen LogP contribution in [-0.2, 0) is 11.8 Å². The highest BCUT2D eigenvalue weighted by molar-refractivity contribution is 5.62. The molecule has 28 heavy (non-hydrogen) atoms. The number of imidazole rings is 1. The van der Waals surface area contributed by atoms with Gasteiger partial charge >= 0.3 is 0 Å². The molecule has 0 radical (unpaired) electrons. The Hall–Kier alpha value is -2.49. The molecule has 3 aromatic rings. The zero-order valence-electron chi connectivity index (χ0n) is 16.6. The first-order valence-electron chi connectivity index (χ1n) is 9.59. The molecule has 1 aliphatic heterocycles. The maximum Gasteiger partial charge on any atom is 0.160 e. The normalized spacial score (nSPS) is 16.6. The molecular formula is C19H27N7O2. The smallest absolute Gasteiger partial charge is 0.160 e. The topological polar surface area (TPSA) is 92.7 Å². The molecule has 1 fully saturated rings. The van der Waals surface area contributed by atoms with Crippen molar-refractivity contribution in [1.82, 2.24) is 29.0 Å². The minimum Gasteiger partial charge on any atom is -0.390 e. The molecule has 0 bridgehead atoms. The third-order valence-corrected chi connectivity index (χ3v) is 5.21. The minimum atomic E-state index is -0.481. The van der Waals surface area contributed by atoms with Gasteiger partial charge < -0.3 is 19.7 Å². The number of anilines is 1. The van der Waals surface area contributed by atoms with E-state index in [1.807, 2.05) is 37.7 Å². The van der Waals surface area contributed by atoms with Crippen molar-refractivity contribution < 1.29 is 9.84 Å². The Labute approximate surface area is 164 Å². The maximum atomic E-state index is 10.5. The number of morpholine rings is 1. The van der Waals surface area contributed by atoms with E-state index in [0.717, 1.165) is 60.5 Å². The summed E-state index contributed by atoms with van der Waals surface area (Å²) in [6.45, 7) is 8.24. The lowest BCUT2D eigenvalue weighted by atomic mass is 10.2. The molecule has 1 atom stereocenters. The van der Waals surface area contributed by atoms with Gasteiger partial charge in [-0.2, -0.15) is 9.61 Å². The van der Waals surface area contributed by atoms with Crippen LogP contribution in [-0.4, -0.2) is 79.7 Å². The Bertz CT molecular complexity index is 959. The number of aryl methyl sites for hydroxylation is 2. The van der Waals surface area contributed by atoms with Crippen LogP contribution in [0.2, 0.25) is 0 Å². The first-order chi connectivity index (χ1) is 13.5. The summed E-state index contributed by atoms with van der Waals surface area (Å²) in [4.78, 5) is 11.3. The van der Waals surface area contributed by atoms with E-state index in [2.05, 4.69) is 20.2 Å². The average molecular weight is 385 g/mol. The van der Waals surface area contributed by atoms with Crippen LogP contribution in [0.15, 0.2) is 18.5 Å². The van der Waals surface area contributed by atoms with Gasteiger partial charge in [0.05, 0.1) is 19.3 Å². The Morgan fingerprint density at radius 3 is 2.79 bits per heavy atom. The first kappa shape index (κ1) is 18.9. The highest BCUT2D eigenvalue weighted by Gasteiger charge is 2.18. The second-order valence-corrected chi connectivity index (χ2v) is 7.28. The summed E-state index contributed by atoms with van der Waals surface area (Å²) in [7, 11) is 1.94. The van der Waals surface area contributed by atoms with Gasteiger partial charge in [0, 0.05) is 62.9 Å². The number of nitrogens with one attached hydrogen (secondary N) is 1. The SMILES string of the molecule is Cc1nc2cc(-c3nccn3C)nn2c(NC[C@H](O)CN2CCOCC2)c1C. The van der Waals surface area contributed by atoms with Crippen LogP contribution < -0.4 is 5.32 Å². The van der Waals surface area contributed by atoms with E-state index in [-0.39, 0.29) is 0 Å². The number of nitrogens with zero attached hydrogens (tertiary/aromatic N) is 6. The highest BCUT2D eigenvalue weighted by Crippen LogP contribution is 2.23. The fraction of sp³-hybridized carbons (Fsp3) is 0.526. The molecule has 0 spiro atoms. The Balaban J connectivity index is 1.56. The third-order valence-electron chi connectivity index (χ3n) is 5.21. The number of rotatable bonds is 6. The number of fused-ring (bicyclic) bond motifs is 1. The molecule has 1 aliphatic rings. The second-order valence-electron chi connectivity index (χ2n) is 7.28. The summed E-state index contributed by atoms with van der Waals surface area (Å²) >= 11 is 0. The van der Waals surface area contributed by atoms with Crippen molar-refractivity contribution in [1.29, 1.82) is 0 Å². The Morgan fingerprint density at radius 2 is 2.07 bits per heavy atom. The van der Waals surface area contributed by atoms with E-state index < -0.39 is 6.10 Å². The number of aromatic nitrogens is 5. The van der Waals surface area contributed by atoms with Crippen LogP contribution in [0.1, 0.15) is 11.3 Å². The zero-order valence-corrected chi connectivity index (χ0v) is 16.6. The van der Waals surface area contributed by atoms with E-state index in [4.69, 9.17) is 9.84 Å². The molecule has 0 unspecified atom stereocenters. The molecule has 4 heterocycles. The monoisotopic (exact) mass is 385 g/mol. The Morgan fingerprint density at radius 1 is 1.29 bits per heavy atom. The van der Waals surface area contributed by atoms with Gasteiger partial charge in [0.25, 0.3) is 0 Å². The molecular weight excluding hydrogens is 358 g/mol. The van der Waals surface area contributed by atoms with Crippen LogP contribution in [0.4, 0.5) is 5.82 Å². The van der Waals surface area contributed by atoms with Gasteiger partial charge in [-0.1, -0.05) is 0 Å². The zero-order chi connectivity index (χ0) is 19.7. The van der Waals surface area contributed by atoms with E-state index in [1.165, 1.54) is 0 Å². The Kier molecular flexibility index (Phi) is 5.29. The summed E-state index contributed by atoms with van der Waals surface area (Å²) in [6, 6.07) is 1.93. The lowest BCUT2D eigenvalue weighted by molar-refractivity contribution is 0.0171. The third kappa shape index (κ3) is 3.73. The van der Waals surface area contributed by atoms with Gasteiger partial charge in [-0.15, -0.1) is 0 Å². The molecule has 4 rings (SSSR count). The highest BCUT2D eigenvalue weighted by atomic mass is 16.5.